The van der Waals surface area contributed by atoms with E-state index in [1.54, 1.807) is 100 Å². The van der Waals surface area contributed by atoms with Crippen molar-refractivity contribution < 1.29 is 28.7 Å². The first-order chi connectivity index (χ1) is 25.5. The van der Waals surface area contributed by atoms with Crippen molar-refractivity contribution in [2.24, 2.45) is 21.5 Å². The van der Waals surface area contributed by atoms with Gasteiger partial charge < -0.3 is 31.6 Å². The second-order valence-corrected chi connectivity index (χ2v) is 15.1. The molecule has 2 aromatic carbocycles. The fourth-order valence-corrected chi connectivity index (χ4v) is 8.10. The minimum Gasteiger partial charge on any atom is -0.388 e. The molecule has 0 fully saturated rings. The van der Waals surface area contributed by atoms with Crippen LogP contribution in [-0.2, 0) is 9.47 Å². The Labute approximate surface area is 320 Å². The van der Waals surface area contributed by atoms with Gasteiger partial charge in [-0.05, 0) is 38.1 Å². The van der Waals surface area contributed by atoms with Gasteiger partial charge in [-0.3, -0.25) is 39.0 Å². The molecule has 53 heavy (non-hydrogen) atoms. The highest BCUT2D eigenvalue weighted by Gasteiger charge is 2.41. The molecule has 2 aromatic rings. The molecule has 6 N–H and O–H groups in total. The molecule has 0 saturated carbocycles. The number of thioether (sulfide) groups is 2. The Balaban J connectivity index is 1.33. The molecule has 0 spiro atoms. The molecule has 4 amide bonds. The number of ether oxygens (including phenoxy) is 2. The topological polar surface area (TPSA) is 194 Å². The zero-order chi connectivity index (χ0) is 38.4. The van der Waals surface area contributed by atoms with E-state index in [0.717, 1.165) is 0 Å². The number of nitrogens with zero attached hydrogens (tertiary/aromatic N) is 4. The summed E-state index contributed by atoms with van der Waals surface area (Å²) < 4.78 is 11.8. The second-order valence-electron chi connectivity index (χ2n) is 12.8. The number of nitrogens with two attached hydrogens (primary N) is 2. The number of rotatable bonds is 24. The fourth-order valence-electron chi connectivity index (χ4n) is 6.25. The van der Waals surface area contributed by atoms with E-state index in [-0.39, 0.29) is 35.7 Å². The number of aliphatic imine (C=N–C) groups is 2. The van der Waals surface area contributed by atoms with Gasteiger partial charge in [-0.1, -0.05) is 24.3 Å². The molecule has 2 aliphatic rings. The van der Waals surface area contributed by atoms with Crippen LogP contribution in [0.5, 0.6) is 0 Å². The summed E-state index contributed by atoms with van der Waals surface area (Å²) in [6.07, 6.45) is 0.958. The maximum atomic E-state index is 13.3. The zero-order valence-electron chi connectivity index (χ0n) is 31.0. The maximum absolute atomic E-state index is 13.3. The van der Waals surface area contributed by atoms with Crippen molar-refractivity contribution in [3.63, 3.8) is 0 Å². The SMILES string of the molecule is COC(CCNCC(CSCCN=C(C)N)N1C(=O)c2ccccc2C1=O)(CCNCC(CSCCN=C(C)N)N1C(=O)c2ccccc2C1=O)OC. The van der Waals surface area contributed by atoms with E-state index in [4.69, 9.17) is 20.9 Å². The molecule has 0 aliphatic carbocycles. The number of hydrogen-bond donors (Lipinski definition) is 4. The minimum atomic E-state index is -0.935. The average molecular weight is 769 g/mol. The standard InChI is InChI=1S/C37H52N8O6S2/c1-25(38)42-17-19-52-23-27(44-33(46)29-9-5-6-10-30(29)34(44)47)21-40-15-13-37(50-3,51-4)14-16-41-22-28(24-53-20-18-43-26(2)39)45-35(48)31-11-7-8-12-32(31)36(45)49/h5-12,27-28,40-41H,13-24H2,1-4H3,(H2,38,42)(H2,39,43). The average Bonchev–Trinajstić information content (AvgIpc) is 3.56. The zero-order valence-corrected chi connectivity index (χ0v) is 32.6. The van der Waals surface area contributed by atoms with Crippen molar-refractivity contribution in [2.45, 2.75) is 44.6 Å². The van der Waals surface area contributed by atoms with Crippen LogP contribution in [0.4, 0.5) is 0 Å². The van der Waals surface area contributed by atoms with Crippen LogP contribution in [0.15, 0.2) is 58.5 Å². The van der Waals surface area contributed by atoms with E-state index >= 15 is 0 Å². The van der Waals surface area contributed by atoms with Crippen molar-refractivity contribution in [3.05, 3.63) is 70.8 Å². The summed E-state index contributed by atoms with van der Waals surface area (Å²) >= 11 is 3.22. The number of benzene rings is 2. The van der Waals surface area contributed by atoms with E-state index in [1.807, 2.05) is 0 Å². The molecule has 2 aliphatic heterocycles. The third-order valence-corrected chi connectivity index (χ3v) is 11.2. The minimum absolute atomic E-state index is 0.292. The van der Waals surface area contributed by atoms with Gasteiger partial charge in [0.05, 0.1) is 46.0 Å². The number of amides is 4. The molecule has 0 radical (unpaired) electrons. The maximum Gasteiger partial charge on any atom is 0.261 e. The lowest BCUT2D eigenvalue weighted by Gasteiger charge is -2.32. The number of hydrogen-bond acceptors (Lipinski definition) is 12. The van der Waals surface area contributed by atoms with Crippen LogP contribution in [0.1, 0.15) is 68.1 Å². The van der Waals surface area contributed by atoms with Gasteiger partial charge >= 0.3 is 0 Å². The number of amidine groups is 2. The van der Waals surface area contributed by atoms with E-state index in [1.165, 1.54) is 9.80 Å². The predicted molar refractivity (Wildman–Crippen MR) is 212 cm³/mol. The lowest BCUT2D eigenvalue weighted by atomic mass is 10.1. The molecular formula is C37H52N8O6S2. The second kappa shape index (κ2) is 20.6. The Morgan fingerprint density at radius 3 is 1.32 bits per heavy atom. The molecule has 16 heteroatoms. The molecule has 0 aromatic heterocycles. The monoisotopic (exact) mass is 768 g/mol. The smallest absolute Gasteiger partial charge is 0.261 e. The van der Waals surface area contributed by atoms with Crippen molar-refractivity contribution in [1.29, 1.82) is 0 Å². The normalized spacial score (nSPS) is 16.1. The molecular weight excluding hydrogens is 717 g/mol. The molecule has 2 heterocycles. The molecule has 4 rings (SSSR count). The number of fused-ring (bicyclic) bond motifs is 2. The van der Waals surface area contributed by atoms with Gasteiger partial charge in [0.25, 0.3) is 23.6 Å². The largest absolute Gasteiger partial charge is 0.388 e. The van der Waals surface area contributed by atoms with Gasteiger partial charge in [-0.25, -0.2) is 0 Å². The Hall–Kier alpha value is -3.80. The summed E-state index contributed by atoms with van der Waals surface area (Å²) in [5.41, 5.74) is 13.0. The Morgan fingerprint density at radius 2 is 1.02 bits per heavy atom. The van der Waals surface area contributed by atoms with Gasteiger partial charge in [0.15, 0.2) is 5.79 Å². The first-order valence-corrected chi connectivity index (χ1v) is 20.0. The summed E-state index contributed by atoms with van der Waals surface area (Å²) in [5.74, 6) is 1.40. The van der Waals surface area contributed by atoms with E-state index in [0.29, 0.717) is 109 Å². The van der Waals surface area contributed by atoms with Crippen molar-refractivity contribution in [3.8, 4) is 0 Å². The van der Waals surface area contributed by atoms with E-state index in [9.17, 15) is 19.2 Å². The number of imide groups is 2. The van der Waals surface area contributed by atoms with Gasteiger partial charge in [0, 0.05) is 89.3 Å². The number of methoxy groups -OCH3 is 2. The Kier molecular flexibility index (Phi) is 16.3. The fraction of sp³-hybridized carbons (Fsp3) is 0.514. The van der Waals surface area contributed by atoms with E-state index < -0.39 is 5.79 Å². The van der Waals surface area contributed by atoms with Crippen molar-refractivity contribution >= 4 is 58.8 Å². The highest BCUT2D eigenvalue weighted by Crippen LogP contribution is 2.28. The summed E-state index contributed by atoms with van der Waals surface area (Å²) in [4.78, 5) is 64.5. The summed E-state index contributed by atoms with van der Waals surface area (Å²) in [5, 5.41) is 6.86. The van der Waals surface area contributed by atoms with Crippen molar-refractivity contribution in [2.75, 3.05) is 76.5 Å². The molecule has 14 nitrogen and oxygen atoms in total. The highest BCUT2D eigenvalue weighted by atomic mass is 32.2. The lowest BCUT2D eigenvalue weighted by Crippen LogP contribution is -2.49. The summed E-state index contributed by atoms with van der Waals surface area (Å²) in [7, 11) is 3.19. The third-order valence-electron chi connectivity index (χ3n) is 9.06. The van der Waals surface area contributed by atoms with Crippen LogP contribution < -0.4 is 22.1 Å². The van der Waals surface area contributed by atoms with Crippen LogP contribution in [0.3, 0.4) is 0 Å². The lowest BCUT2D eigenvalue weighted by molar-refractivity contribution is -0.213. The van der Waals surface area contributed by atoms with Crippen LogP contribution in [0, 0.1) is 0 Å². The van der Waals surface area contributed by atoms with Gasteiger partial charge in [0.1, 0.15) is 0 Å². The quantitative estimate of drug-likeness (QED) is 0.0402. The predicted octanol–water partition coefficient (Wildman–Crippen LogP) is 2.49. The molecule has 0 saturated heterocycles. The Bertz CT molecular complexity index is 1460. The molecule has 0 bridgehead atoms. The van der Waals surface area contributed by atoms with E-state index in [2.05, 4.69) is 20.6 Å². The number of carbonyl (C=O) groups is 4. The molecule has 2 unspecified atom stereocenters. The number of carbonyl (C=O) groups excluding carboxylic acids is 4. The summed E-state index contributed by atoms with van der Waals surface area (Å²) in [6, 6.07) is 13.0. The van der Waals surface area contributed by atoms with Crippen molar-refractivity contribution in [1.82, 2.24) is 20.4 Å². The van der Waals surface area contributed by atoms with Crippen LogP contribution >= 0.6 is 23.5 Å². The number of nitrogens with one attached hydrogen (secondary N) is 2. The molecule has 288 valence electrons. The molecule has 2 atom stereocenters. The first-order valence-electron chi connectivity index (χ1n) is 17.7. The third kappa shape index (κ3) is 11.1. The van der Waals surface area contributed by atoms with Gasteiger partial charge in [-0.15, -0.1) is 0 Å². The Morgan fingerprint density at radius 1 is 0.679 bits per heavy atom. The van der Waals surface area contributed by atoms with Gasteiger partial charge in [0.2, 0.25) is 0 Å². The van der Waals surface area contributed by atoms with Crippen LogP contribution in [0.25, 0.3) is 0 Å². The summed E-state index contributed by atoms with van der Waals surface area (Å²) in [6.45, 7) is 6.33. The highest BCUT2D eigenvalue weighted by molar-refractivity contribution is 7.99. The van der Waals surface area contributed by atoms with Crippen LogP contribution in [0.2, 0.25) is 0 Å². The first kappa shape index (κ1) is 41.9. The van der Waals surface area contributed by atoms with Gasteiger partial charge in [-0.2, -0.15) is 23.5 Å². The van der Waals surface area contributed by atoms with Crippen LogP contribution in [-0.4, -0.2) is 139 Å².